The maximum atomic E-state index is 9.33. The quantitative estimate of drug-likeness (QED) is 0.378. The molecule has 0 heterocycles. The van der Waals surface area contributed by atoms with Crippen LogP contribution >= 0.6 is 0 Å². The van der Waals surface area contributed by atoms with E-state index in [1.54, 1.807) is 24.3 Å². The average molecular weight is 373 g/mol. The molecule has 2 aromatic carbocycles. The number of hydrogen-bond acceptors (Lipinski definition) is 4. The first-order valence-electron chi connectivity index (χ1n) is 9.79. The maximum Gasteiger partial charge on any atom is 0.146 e. The molecule has 0 fully saturated rings. The van der Waals surface area contributed by atoms with Crippen molar-refractivity contribution in [3.8, 4) is 11.5 Å². The van der Waals surface area contributed by atoms with Gasteiger partial charge in [-0.25, -0.2) is 0 Å². The van der Waals surface area contributed by atoms with Crippen LogP contribution < -0.4 is 0 Å². The Labute approximate surface area is 162 Å². The number of aromatic hydroxyl groups is 2. The monoisotopic (exact) mass is 372 g/mol. The molecule has 0 aromatic heterocycles. The molecule has 4 heteroatoms. The van der Waals surface area contributed by atoms with E-state index in [0.29, 0.717) is 43.3 Å². The largest absolute Gasteiger partial charge is 0.508 e. The second kappa shape index (κ2) is 11.6. The molecule has 2 N–H and O–H groups in total. The average Bonchev–Trinajstić information content (AvgIpc) is 2.67. The van der Waals surface area contributed by atoms with Gasteiger partial charge in [-0.2, -0.15) is 0 Å². The van der Waals surface area contributed by atoms with E-state index in [2.05, 4.69) is 13.8 Å². The summed E-state index contributed by atoms with van der Waals surface area (Å²) in [6, 6.07) is 14.8. The molecular weight excluding hydrogens is 340 g/mol. The van der Waals surface area contributed by atoms with Crippen molar-refractivity contribution >= 4 is 0 Å². The number of rotatable bonds is 12. The third-order valence-corrected chi connectivity index (χ3v) is 4.94. The van der Waals surface area contributed by atoms with Gasteiger partial charge in [0.2, 0.25) is 0 Å². The fraction of sp³-hybridized carbons (Fsp3) is 0.478. The molecule has 0 saturated carbocycles. The number of hydrogen-bond donors (Lipinski definition) is 2. The molecule has 2 aromatic rings. The van der Waals surface area contributed by atoms with Crippen molar-refractivity contribution in [3.63, 3.8) is 0 Å². The molecule has 4 nitrogen and oxygen atoms in total. The number of phenols is 2. The van der Waals surface area contributed by atoms with Gasteiger partial charge in [0.25, 0.3) is 0 Å². The summed E-state index contributed by atoms with van der Waals surface area (Å²) in [5.41, 5.74) is 2.48. The van der Waals surface area contributed by atoms with Gasteiger partial charge in [0, 0.05) is 13.2 Å². The SMILES string of the molecule is CC(CCCOCOCCCC(C)c1ccc(O)cc1)c1ccc(O)cc1. The highest BCUT2D eigenvalue weighted by molar-refractivity contribution is 5.28. The first kappa shape index (κ1) is 21.3. The van der Waals surface area contributed by atoms with Gasteiger partial charge in [0.05, 0.1) is 0 Å². The lowest BCUT2D eigenvalue weighted by molar-refractivity contribution is -0.0558. The zero-order valence-corrected chi connectivity index (χ0v) is 16.4. The standard InChI is InChI=1S/C23H32O4/c1-18(20-7-11-22(24)12-8-20)5-3-15-26-17-27-16-4-6-19(2)21-9-13-23(25)14-10-21/h7-14,18-19,24-25H,3-6,15-17H2,1-2H3. The Morgan fingerprint density at radius 2 is 1.04 bits per heavy atom. The van der Waals surface area contributed by atoms with E-state index >= 15 is 0 Å². The highest BCUT2D eigenvalue weighted by Gasteiger charge is 2.06. The Hall–Kier alpha value is -2.04. The lowest BCUT2D eigenvalue weighted by Gasteiger charge is -2.13. The van der Waals surface area contributed by atoms with Crippen LogP contribution in [0, 0.1) is 0 Å². The van der Waals surface area contributed by atoms with E-state index < -0.39 is 0 Å². The molecule has 148 valence electrons. The number of benzene rings is 2. The predicted molar refractivity (Wildman–Crippen MR) is 108 cm³/mol. The summed E-state index contributed by atoms with van der Waals surface area (Å²) >= 11 is 0. The summed E-state index contributed by atoms with van der Waals surface area (Å²) in [4.78, 5) is 0. The highest BCUT2D eigenvalue weighted by atomic mass is 16.7. The van der Waals surface area contributed by atoms with E-state index in [-0.39, 0.29) is 0 Å². The molecule has 0 aliphatic rings. The molecule has 0 spiro atoms. The van der Waals surface area contributed by atoms with Crippen molar-refractivity contribution in [3.05, 3.63) is 59.7 Å². The lowest BCUT2D eigenvalue weighted by atomic mass is 9.96. The Balaban J connectivity index is 1.46. The number of ether oxygens (including phenoxy) is 2. The Kier molecular flexibility index (Phi) is 9.16. The molecular formula is C23H32O4. The van der Waals surface area contributed by atoms with Crippen LogP contribution in [0.25, 0.3) is 0 Å². The van der Waals surface area contributed by atoms with Crippen LogP contribution in [-0.4, -0.2) is 30.2 Å². The Morgan fingerprint density at radius 3 is 1.41 bits per heavy atom. The fourth-order valence-electron chi connectivity index (χ4n) is 3.10. The van der Waals surface area contributed by atoms with Crippen molar-refractivity contribution in [1.82, 2.24) is 0 Å². The molecule has 0 radical (unpaired) electrons. The van der Waals surface area contributed by atoms with Crippen LogP contribution in [0.3, 0.4) is 0 Å². The summed E-state index contributed by atoms with van der Waals surface area (Å²) in [6.07, 6.45) is 4.08. The first-order chi connectivity index (χ1) is 13.1. The second-order valence-electron chi connectivity index (χ2n) is 7.20. The molecule has 0 aliphatic heterocycles. The summed E-state index contributed by atoms with van der Waals surface area (Å²) in [6.45, 7) is 6.14. The van der Waals surface area contributed by atoms with Crippen molar-refractivity contribution in [2.45, 2.75) is 51.4 Å². The summed E-state index contributed by atoms with van der Waals surface area (Å²) in [5, 5.41) is 18.7. The topological polar surface area (TPSA) is 58.9 Å². The Bertz CT molecular complexity index is 579. The van der Waals surface area contributed by atoms with E-state index in [4.69, 9.17) is 9.47 Å². The third kappa shape index (κ3) is 8.02. The first-order valence-corrected chi connectivity index (χ1v) is 9.79. The van der Waals surface area contributed by atoms with Crippen molar-refractivity contribution in [2.24, 2.45) is 0 Å². The van der Waals surface area contributed by atoms with Gasteiger partial charge in [-0.05, 0) is 72.9 Å². The van der Waals surface area contributed by atoms with Crippen LogP contribution in [0.4, 0.5) is 0 Å². The van der Waals surface area contributed by atoms with Crippen molar-refractivity contribution < 1.29 is 19.7 Å². The smallest absolute Gasteiger partial charge is 0.146 e. The summed E-state index contributed by atoms with van der Waals surface area (Å²) < 4.78 is 11.1. The maximum absolute atomic E-state index is 9.33. The van der Waals surface area contributed by atoms with E-state index in [1.165, 1.54) is 11.1 Å². The van der Waals surface area contributed by atoms with Gasteiger partial charge in [0.15, 0.2) is 0 Å². The molecule has 0 bridgehead atoms. The van der Waals surface area contributed by atoms with Gasteiger partial charge in [-0.15, -0.1) is 0 Å². The van der Waals surface area contributed by atoms with Gasteiger partial charge < -0.3 is 19.7 Å². The Morgan fingerprint density at radius 1 is 0.667 bits per heavy atom. The van der Waals surface area contributed by atoms with Crippen LogP contribution in [0.15, 0.2) is 48.5 Å². The molecule has 27 heavy (non-hydrogen) atoms. The van der Waals surface area contributed by atoms with Crippen LogP contribution in [0.1, 0.15) is 62.5 Å². The zero-order valence-electron chi connectivity index (χ0n) is 16.4. The zero-order chi connectivity index (χ0) is 19.5. The highest BCUT2D eigenvalue weighted by Crippen LogP contribution is 2.23. The van der Waals surface area contributed by atoms with Gasteiger partial charge >= 0.3 is 0 Å². The molecule has 2 atom stereocenters. The minimum absolute atomic E-state index is 0.309. The van der Waals surface area contributed by atoms with E-state index in [0.717, 1.165) is 25.7 Å². The minimum atomic E-state index is 0.309. The molecule has 0 amide bonds. The summed E-state index contributed by atoms with van der Waals surface area (Å²) in [5.74, 6) is 1.53. The van der Waals surface area contributed by atoms with E-state index in [9.17, 15) is 10.2 Å². The second-order valence-corrected chi connectivity index (χ2v) is 7.20. The van der Waals surface area contributed by atoms with Crippen LogP contribution in [0.5, 0.6) is 11.5 Å². The lowest BCUT2D eigenvalue weighted by Crippen LogP contribution is -2.05. The van der Waals surface area contributed by atoms with Crippen LogP contribution in [0.2, 0.25) is 0 Å². The fourth-order valence-corrected chi connectivity index (χ4v) is 3.10. The van der Waals surface area contributed by atoms with Crippen molar-refractivity contribution in [2.75, 3.05) is 20.0 Å². The normalized spacial score (nSPS) is 13.4. The summed E-state index contributed by atoms with van der Waals surface area (Å²) in [7, 11) is 0. The molecule has 2 rings (SSSR count). The minimum Gasteiger partial charge on any atom is -0.508 e. The van der Waals surface area contributed by atoms with Crippen molar-refractivity contribution in [1.29, 1.82) is 0 Å². The molecule has 2 unspecified atom stereocenters. The van der Waals surface area contributed by atoms with E-state index in [1.807, 2.05) is 24.3 Å². The third-order valence-electron chi connectivity index (χ3n) is 4.94. The van der Waals surface area contributed by atoms with Gasteiger partial charge in [0.1, 0.15) is 18.3 Å². The number of phenolic OH excluding ortho intramolecular Hbond substituents is 2. The van der Waals surface area contributed by atoms with Gasteiger partial charge in [-0.3, -0.25) is 0 Å². The molecule has 0 aliphatic carbocycles. The predicted octanol–water partition coefficient (Wildman–Crippen LogP) is 5.56. The van der Waals surface area contributed by atoms with Gasteiger partial charge in [-0.1, -0.05) is 38.1 Å². The van der Waals surface area contributed by atoms with Crippen LogP contribution in [-0.2, 0) is 9.47 Å². The molecule has 0 saturated heterocycles.